The Morgan fingerprint density at radius 3 is 1.31 bits per heavy atom. The van der Waals surface area contributed by atoms with Crippen LogP contribution in [0.3, 0.4) is 0 Å². The Bertz CT molecular complexity index is 943. The van der Waals surface area contributed by atoms with Crippen LogP contribution in [0, 0.1) is 0 Å². The Morgan fingerprint density at radius 2 is 0.929 bits per heavy atom. The molecule has 0 spiro atoms. The molecule has 0 fully saturated rings. The number of benzene rings is 2. The van der Waals surface area contributed by atoms with E-state index in [9.17, 15) is 9.59 Å². The molecule has 234 valence electrons. The lowest BCUT2D eigenvalue weighted by atomic mass is 10.0. The first-order chi connectivity index (χ1) is 20.5. The van der Waals surface area contributed by atoms with E-state index in [2.05, 4.69) is 61.8 Å². The molecule has 2 rings (SSSR count). The van der Waals surface area contributed by atoms with Crippen molar-refractivity contribution < 1.29 is 19.1 Å². The van der Waals surface area contributed by atoms with E-state index < -0.39 is 0 Å². The van der Waals surface area contributed by atoms with Gasteiger partial charge in [-0.15, -0.1) is 0 Å². The molecule has 6 nitrogen and oxygen atoms in total. The molecule has 0 saturated carbocycles. The van der Waals surface area contributed by atoms with E-state index >= 15 is 0 Å². The van der Waals surface area contributed by atoms with Gasteiger partial charge in [-0.1, -0.05) is 103 Å². The van der Waals surface area contributed by atoms with Crippen LogP contribution < -0.4 is 0 Å². The smallest absolute Gasteiger partial charge is 0.320 e. The molecular weight excluding hydrogens is 524 g/mol. The second kappa shape index (κ2) is 21.9. The first kappa shape index (κ1) is 35.5. The second-order valence-corrected chi connectivity index (χ2v) is 11.4. The van der Waals surface area contributed by atoms with Crippen molar-refractivity contribution in [1.82, 2.24) is 9.80 Å². The van der Waals surface area contributed by atoms with Crippen LogP contribution in [0.1, 0.15) is 103 Å². The molecule has 2 aromatic rings. The fourth-order valence-electron chi connectivity index (χ4n) is 4.94. The van der Waals surface area contributed by atoms with E-state index in [0.29, 0.717) is 13.1 Å². The van der Waals surface area contributed by atoms with E-state index in [1.54, 1.807) is 0 Å². The summed E-state index contributed by atoms with van der Waals surface area (Å²) in [5, 5.41) is 0. The average Bonchev–Trinajstić information content (AvgIpc) is 3.00. The number of hydrogen-bond donors (Lipinski definition) is 0. The van der Waals surface area contributed by atoms with Crippen molar-refractivity contribution in [1.29, 1.82) is 0 Å². The van der Waals surface area contributed by atoms with Gasteiger partial charge in [0.2, 0.25) is 0 Å². The van der Waals surface area contributed by atoms with Gasteiger partial charge in [-0.05, 0) is 86.2 Å². The Hall–Kier alpha value is -2.70. The first-order valence-corrected chi connectivity index (χ1v) is 16.4. The zero-order valence-electron chi connectivity index (χ0n) is 26.9. The summed E-state index contributed by atoms with van der Waals surface area (Å²) in [5.41, 5.74) is 4.00. The van der Waals surface area contributed by atoms with Gasteiger partial charge in [0.05, 0.1) is 13.1 Å². The number of rotatable bonds is 23. The molecule has 0 aromatic heterocycles. The van der Waals surface area contributed by atoms with Crippen LogP contribution >= 0.6 is 0 Å². The van der Waals surface area contributed by atoms with E-state index in [4.69, 9.17) is 9.47 Å². The molecule has 0 N–H and O–H groups in total. The molecule has 0 heterocycles. The molecule has 0 bridgehead atoms. The molecule has 0 unspecified atom stereocenters. The Kier molecular flexibility index (Phi) is 18.5. The summed E-state index contributed by atoms with van der Waals surface area (Å²) in [7, 11) is 0. The SMILES string of the molecule is CCCCCN(CCCC)CC(=O)OCc1cccc(-c2cccc(COC(=O)CN(CCCC)CCCCC)c2)c1. The zero-order valence-corrected chi connectivity index (χ0v) is 26.9. The molecule has 0 amide bonds. The van der Waals surface area contributed by atoms with Crippen molar-refractivity contribution in [2.45, 2.75) is 105 Å². The average molecular weight is 581 g/mol. The standard InChI is InChI=1S/C36H56N2O4/c1-5-9-13-23-37(21-11-7-3)27-35(39)41-29-31-17-15-19-33(25-31)34-20-16-18-32(26-34)30-42-36(40)28-38(22-12-8-4)24-14-10-6-2/h15-20,25-26H,5-14,21-24,27-30H2,1-4H3. The molecule has 0 aliphatic heterocycles. The highest BCUT2D eigenvalue weighted by atomic mass is 16.5. The molecule has 42 heavy (non-hydrogen) atoms. The quantitative estimate of drug-likeness (QED) is 0.0980. The van der Waals surface area contributed by atoms with Crippen LogP contribution in [-0.2, 0) is 32.3 Å². The molecule has 0 aliphatic rings. The summed E-state index contributed by atoms with van der Waals surface area (Å²) in [4.78, 5) is 29.7. The van der Waals surface area contributed by atoms with Crippen molar-refractivity contribution in [3.05, 3.63) is 59.7 Å². The number of carbonyl (C=O) groups is 2. The molecule has 6 heteroatoms. The summed E-state index contributed by atoms with van der Waals surface area (Å²) in [6.07, 6.45) is 11.4. The van der Waals surface area contributed by atoms with E-state index in [0.717, 1.165) is 87.0 Å². The van der Waals surface area contributed by atoms with Crippen LogP contribution in [0.4, 0.5) is 0 Å². The lowest BCUT2D eigenvalue weighted by molar-refractivity contribution is -0.147. The van der Waals surface area contributed by atoms with Crippen LogP contribution in [0.25, 0.3) is 11.1 Å². The van der Waals surface area contributed by atoms with Crippen LogP contribution in [0.15, 0.2) is 48.5 Å². The highest BCUT2D eigenvalue weighted by molar-refractivity contribution is 5.72. The molecule has 0 aliphatic carbocycles. The monoisotopic (exact) mass is 580 g/mol. The van der Waals surface area contributed by atoms with E-state index in [1.807, 2.05) is 24.3 Å². The third-order valence-corrected chi connectivity index (χ3v) is 7.50. The van der Waals surface area contributed by atoms with Crippen molar-refractivity contribution in [3.8, 4) is 11.1 Å². The number of carbonyl (C=O) groups excluding carboxylic acids is 2. The van der Waals surface area contributed by atoms with E-state index in [1.165, 1.54) is 25.7 Å². The largest absolute Gasteiger partial charge is 0.460 e. The maximum Gasteiger partial charge on any atom is 0.320 e. The minimum atomic E-state index is -0.171. The summed E-state index contributed by atoms with van der Waals surface area (Å²) in [6.45, 7) is 13.7. The van der Waals surface area contributed by atoms with Gasteiger partial charge in [-0.3, -0.25) is 19.4 Å². The van der Waals surface area contributed by atoms with Gasteiger partial charge in [0.15, 0.2) is 0 Å². The lowest BCUT2D eigenvalue weighted by Crippen LogP contribution is -2.32. The summed E-state index contributed by atoms with van der Waals surface area (Å²) < 4.78 is 11.3. The fourth-order valence-corrected chi connectivity index (χ4v) is 4.94. The van der Waals surface area contributed by atoms with Gasteiger partial charge in [-0.2, -0.15) is 0 Å². The summed E-state index contributed by atoms with van der Waals surface area (Å²) in [6, 6.07) is 16.2. The predicted molar refractivity (Wildman–Crippen MR) is 173 cm³/mol. The van der Waals surface area contributed by atoms with Gasteiger partial charge in [0.25, 0.3) is 0 Å². The third-order valence-electron chi connectivity index (χ3n) is 7.50. The summed E-state index contributed by atoms with van der Waals surface area (Å²) >= 11 is 0. The van der Waals surface area contributed by atoms with Crippen LogP contribution in [0.2, 0.25) is 0 Å². The normalized spacial score (nSPS) is 11.3. The van der Waals surface area contributed by atoms with Crippen LogP contribution in [-0.4, -0.2) is 61.0 Å². The Balaban J connectivity index is 1.91. The predicted octanol–water partition coefficient (Wildman–Crippen LogP) is 8.02. The second-order valence-electron chi connectivity index (χ2n) is 11.4. The van der Waals surface area contributed by atoms with Crippen molar-refractivity contribution in [2.24, 2.45) is 0 Å². The van der Waals surface area contributed by atoms with Gasteiger partial charge in [0, 0.05) is 0 Å². The van der Waals surface area contributed by atoms with Crippen molar-refractivity contribution in [2.75, 3.05) is 39.3 Å². The fraction of sp³-hybridized carbons (Fsp3) is 0.611. The maximum atomic E-state index is 12.6. The molecule has 0 saturated heterocycles. The maximum absolute atomic E-state index is 12.6. The number of esters is 2. The number of unbranched alkanes of at least 4 members (excludes halogenated alkanes) is 6. The highest BCUT2D eigenvalue weighted by Crippen LogP contribution is 2.22. The minimum absolute atomic E-state index is 0.171. The van der Waals surface area contributed by atoms with Gasteiger partial charge in [-0.25, -0.2) is 0 Å². The van der Waals surface area contributed by atoms with Crippen molar-refractivity contribution in [3.63, 3.8) is 0 Å². The number of nitrogens with zero attached hydrogens (tertiary/aromatic N) is 2. The molecular formula is C36H56N2O4. The van der Waals surface area contributed by atoms with Gasteiger partial charge >= 0.3 is 11.9 Å². The molecule has 2 aromatic carbocycles. The number of ether oxygens (including phenoxy) is 2. The first-order valence-electron chi connectivity index (χ1n) is 16.4. The molecule has 0 radical (unpaired) electrons. The Morgan fingerprint density at radius 1 is 0.548 bits per heavy atom. The lowest BCUT2D eigenvalue weighted by Gasteiger charge is -2.21. The van der Waals surface area contributed by atoms with Gasteiger partial charge in [0.1, 0.15) is 13.2 Å². The topological polar surface area (TPSA) is 59.1 Å². The van der Waals surface area contributed by atoms with Gasteiger partial charge < -0.3 is 9.47 Å². The zero-order chi connectivity index (χ0) is 30.4. The third kappa shape index (κ3) is 15.0. The minimum Gasteiger partial charge on any atom is -0.460 e. The number of hydrogen-bond acceptors (Lipinski definition) is 6. The van der Waals surface area contributed by atoms with Crippen LogP contribution in [0.5, 0.6) is 0 Å². The highest BCUT2D eigenvalue weighted by Gasteiger charge is 2.13. The van der Waals surface area contributed by atoms with E-state index in [-0.39, 0.29) is 25.2 Å². The molecule has 0 atom stereocenters. The summed E-state index contributed by atoms with van der Waals surface area (Å²) in [5.74, 6) is -0.342. The van der Waals surface area contributed by atoms with Crippen molar-refractivity contribution >= 4 is 11.9 Å². The Labute approximate surface area is 255 Å².